The normalized spacial score (nSPS) is 34.1. The van der Waals surface area contributed by atoms with Crippen LogP contribution in [0.15, 0.2) is 0 Å². The standard InChI is InChI=1S/C12H21NO/c1-11(5-6-11)9-13-7-8-14-10-12(13)3-2-4-12/h2-10H2,1H3. The summed E-state index contributed by atoms with van der Waals surface area (Å²) in [5, 5.41) is 0. The van der Waals surface area contributed by atoms with Crippen molar-refractivity contribution in [2.45, 2.75) is 44.6 Å². The van der Waals surface area contributed by atoms with Crippen LogP contribution in [0, 0.1) is 5.41 Å². The van der Waals surface area contributed by atoms with Gasteiger partial charge in [0.25, 0.3) is 0 Å². The molecule has 3 rings (SSSR count). The molecule has 1 aliphatic heterocycles. The molecule has 1 saturated heterocycles. The number of hydrogen-bond donors (Lipinski definition) is 0. The Bertz CT molecular complexity index is 230. The van der Waals surface area contributed by atoms with E-state index < -0.39 is 0 Å². The van der Waals surface area contributed by atoms with E-state index in [4.69, 9.17) is 4.74 Å². The van der Waals surface area contributed by atoms with Gasteiger partial charge in [-0.25, -0.2) is 0 Å². The van der Waals surface area contributed by atoms with Crippen molar-refractivity contribution in [1.29, 1.82) is 0 Å². The van der Waals surface area contributed by atoms with Gasteiger partial charge >= 0.3 is 0 Å². The first kappa shape index (κ1) is 9.17. The van der Waals surface area contributed by atoms with Crippen molar-refractivity contribution < 1.29 is 4.74 Å². The van der Waals surface area contributed by atoms with Gasteiger partial charge in [-0.15, -0.1) is 0 Å². The summed E-state index contributed by atoms with van der Waals surface area (Å²) in [6, 6.07) is 0. The Hall–Kier alpha value is -0.0800. The van der Waals surface area contributed by atoms with Crippen molar-refractivity contribution in [2.24, 2.45) is 5.41 Å². The molecule has 0 atom stereocenters. The highest BCUT2D eigenvalue weighted by molar-refractivity contribution is 5.03. The Morgan fingerprint density at radius 3 is 2.57 bits per heavy atom. The molecule has 2 heteroatoms. The lowest BCUT2D eigenvalue weighted by atomic mass is 9.75. The topological polar surface area (TPSA) is 12.5 Å². The lowest BCUT2D eigenvalue weighted by Crippen LogP contribution is -2.61. The third kappa shape index (κ3) is 1.40. The van der Waals surface area contributed by atoms with E-state index in [0.717, 1.165) is 13.2 Å². The molecular weight excluding hydrogens is 174 g/mol. The largest absolute Gasteiger partial charge is 0.378 e. The molecule has 1 heterocycles. The molecule has 0 radical (unpaired) electrons. The SMILES string of the molecule is CC1(CN2CCOCC23CCC3)CC1. The molecule has 0 aromatic rings. The van der Waals surface area contributed by atoms with Crippen LogP contribution < -0.4 is 0 Å². The number of hydrogen-bond acceptors (Lipinski definition) is 2. The summed E-state index contributed by atoms with van der Waals surface area (Å²) < 4.78 is 5.65. The van der Waals surface area contributed by atoms with Crippen LogP contribution >= 0.6 is 0 Å². The molecule has 0 amide bonds. The van der Waals surface area contributed by atoms with Crippen LogP contribution in [0.2, 0.25) is 0 Å². The summed E-state index contributed by atoms with van der Waals surface area (Å²) in [4.78, 5) is 2.74. The van der Waals surface area contributed by atoms with E-state index >= 15 is 0 Å². The number of ether oxygens (including phenoxy) is 1. The molecule has 0 unspecified atom stereocenters. The van der Waals surface area contributed by atoms with Gasteiger partial charge in [-0.3, -0.25) is 4.90 Å². The Morgan fingerprint density at radius 1 is 1.21 bits per heavy atom. The van der Waals surface area contributed by atoms with Crippen molar-refractivity contribution in [2.75, 3.05) is 26.3 Å². The monoisotopic (exact) mass is 195 g/mol. The first-order chi connectivity index (χ1) is 6.73. The maximum Gasteiger partial charge on any atom is 0.0651 e. The van der Waals surface area contributed by atoms with E-state index in [9.17, 15) is 0 Å². The summed E-state index contributed by atoms with van der Waals surface area (Å²) in [5.41, 5.74) is 1.14. The molecule has 0 bridgehead atoms. The van der Waals surface area contributed by atoms with Crippen molar-refractivity contribution in [3.63, 3.8) is 0 Å². The fourth-order valence-corrected chi connectivity index (χ4v) is 2.89. The van der Waals surface area contributed by atoms with Gasteiger partial charge in [0.15, 0.2) is 0 Å². The molecule has 14 heavy (non-hydrogen) atoms. The summed E-state index contributed by atoms with van der Waals surface area (Å²) in [6.45, 7) is 6.90. The lowest BCUT2D eigenvalue weighted by Gasteiger charge is -2.53. The number of rotatable bonds is 2. The second-order valence-corrected chi connectivity index (χ2v) is 5.86. The van der Waals surface area contributed by atoms with E-state index in [1.807, 2.05) is 0 Å². The number of morpholine rings is 1. The molecule has 0 N–H and O–H groups in total. The predicted octanol–water partition coefficient (Wildman–Crippen LogP) is 2.04. The zero-order valence-corrected chi connectivity index (χ0v) is 9.22. The molecule has 0 aromatic heterocycles. The molecule has 3 fully saturated rings. The Morgan fingerprint density at radius 2 is 2.00 bits per heavy atom. The Labute approximate surface area is 86.6 Å². The van der Waals surface area contributed by atoms with E-state index in [-0.39, 0.29) is 0 Å². The molecular formula is C12H21NO. The quantitative estimate of drug-likeness (QED) is 0.668. The molecule has 1 spiro atoms. The third-order valence-corrected chi connectivity index (χ3v) is 4.51. The van der Waals surface area contributed by atoms with Crippen LogP contribution in [0.3, 0.4) is 0 Å². The van der Waals surface area contributed by atoms with Crippen molar-refractivity contribution in [1.82, 2.24) is 4.90 Å². The third-order valence-electron chi connectivity index (χ3n) is 4.51. The molecule has 3 aliphatic rings. The van der Waals surface area contributed by atoms with Gasteiger partial charge in [0.05, 0.1) is 13.2 Å². The zero-order chi connectivity index (χ0) is 9.65. The molecule has 2 aliphatic carbocycles. The van der Waals surface area contributed by atoms with E-state index in [2.05, 4.69) is 11.8 Å². The van der Waals surface area contributed by atoms with Crippen LogP contribution in [0.5, 0.6) is 0 Å². The average molecular weight is 195 g/mol. The minimum atomic E-state index is 0.476. The zero-order valence-electron chi connectivity index (χ0n) is 9.22. The van der Waals surface area contributed by atoms with Crippen molar-refractivity contribution in [3.05, 3.63) is 0 Å². The maximum atomic E-state index is 5.65. The summed E-state index contributed by atoms with van der Waals surface area (Å²) in [7, 11) is 0. The van der Waals surface area contributed by atoms with Crippen molar-refractivity contribution >= 4 is 0 Å². The summed E-state index contributed by atoms with van der Waals surface area (Å²) in [6.07, 6.45) is 7.06. The molecule has 2 nitrogen and oxygen atoms in total. The van der Waals surface area contributed by atoms with Gasteiger partial charge in [0.2, 0.25) is 0 Å². The Balaban J connectivity index is 1.68. The fraction of sp³-hybridized carbons (Fsp3) is 1.00. The lowest BCUT2D eigenvalue weighted by molar-refractivity contribution is -0.112. The van der Waals surface area contributed by atoms with Crippen LogP contribution in [0.4, 0.5) is 0 Å². The van der Waals surface area contributed by atoms with Gasteiger partial charge in [-0.1, -0.05) is 6.92 Å². The summed E-state index contributed by atoms with van der Waals surface area (Å²) >= 11 is 0. The predicted molar refractivity (Wildman–Crippen MR) is 56.3 cm³/mol. The van der Waals surface area contributed by atoms with Gasteiger partial charge in [0.1, 0.15) is 0 Å². The smallest absolute Gasteiger partial charge is 0.0651 e. The van der Waals surface area contributed by atoms with E-state index in [0.29, 0.717) is 11.0 Å². The number of nitrogens with zero attached hydrogens (tertiary/aromatic N) is 1. The van der Waals surface area contributed by atoms with Crippen LogP contribution in [-0.2, 0) is 4.74 Å². The highest BCUT2D eigenvalue weighted by Crippen LogP contribution is 2.49. The Kier molecular flexibility index (Phi) is 1.94. The van der Waals surface area contributed by atoms with Crippen LogP contribution in [-0.4, -0.2) is 36.7 Å². The average Bonchev–Trinajstić information content (AvgIpc) is 2.82. The fourth-order valence-electron chi connectivity index (χ4n) is 2.89. The molecule has 2 saturated carbocycles. The van der Waals surface area contributed by atoms with Gasteiger partial charge in [-0.2, -0.15) is 0 Å². The molecule has 80 valence electrons. The second kappa shape index (κ2) is 2.96. The summed E-state index contributed by atoms with van der Waals surface area (Å²) in [5.74, 6) is 0. The minimum Gasteiger partial charge on any atom is -0.378 e. The minimum absolute atomic E-state index is 0.476. The van der Waals surface area contributed by atoms with Crippen molar-refractivity contribution in [3.8, 4) is 0 Å². The highest BCUT2D eigenvalue weighted by Gasteiger charge is 2.49. The van der Waals surface area contributed by atoms with Crippen LogP contribution in [0.1, 0.15) is 39.0 Å². The first-order valence-electron chi connectivity index (χ1n) is 6.05. The highest BCUT2D eigenvalue weighted by atomic mass is 16.5. The van der Waals surface area contributed by atoms with Crippen LogP contribution in [0.25, 0.3) is 0 Å². The molecule has 0 aromatic carbocycles. The van der Waals surface area contributed by atoms with Gasteiger partial charge in [-0.05, 0) is 37.5 Å². The second-order valence-electron chi connectivity index (χ2n) is 5.86. The van der Waals surface area contributed by atoms with E-state index in [1.165, 1.54) is 45.2 Å². The van der Waals surface area contributed by atoms with Gasteiger partial charge < -0.3 is 4.74 Å². The maximum absolute atomic E-state index is 5.65. The van der Waals surface area contributed by atoms with E-state index in [1.54, 1.807) is 0 Å². The van der Waals surface area contributed by atoms with Gasteiger partial charge in [0, 0.05) is 18.6 Å². The first-order valence-corrected chi connectivity index (χ1v) is 6.05.